The monoisotopic (exact) mass is 233 g/mol. The second-order valence-electron chi connectivity index (χ2n) is 4.60. The summed E-state index contributed by atoms with van der Waals surface area (Å²) in [5.41, 5.74) is 0.747. The van der Waals surface area contributed by atoms with E-state index >= 15 is 0 Å². The van der Waals surface area contributed by atoms with E-state index in [1.165, 1.54) is 0 Å². The standard InChI is InChI=1S/C14H19NO2/c1-4-14(5-2)12(16)15-13(14)17-11-9-7-6-8-10(11)3/h6-9,13H,4-5H2,1-3H3,(H,15,16). The topological polar surface area (TPSA) is 38.3 Å². The molecule has 1 fully saturated rings. The van der Waals surface area contributed by atoms with E-state index in [1.54, 1.807) is 0 Å². The van der Waals surface area contributed by atoms with Crippen molar-refractivity contribution in [3.8, 4) is 5.75 Å². The molecule has 1 N–H and O–H groups in total. The highest BCUT2D eigenvalue weighted by Crippen LogP contribution is 2.39. The van der Waals surface area contributed by atoms with Crippen molar-refractivity contribution in [1.29, 1.82) is 0 Å². The van der Waals surface area contributed by atoms with Gasteiger partial charge in [-0.15, -0.1) is 0 Å². The molecular weight excluding hydrogens is 214 g/mol. The molecule has 0 bridgehead atoms. The fourth-order valence-electron chi connectivity index (χ4n) is 2.34. The Morgan fingerprint density at radius 2 is 1.94 bits per heavy atom. The van der Waals surface area contributed by atoms with E-state index < -0.39 is 0 Å². The number of β-lactam (4-membered cyclic amide) rings is 1. The van der Waals surface area contributed by atoms with Gasteiger partial charge in [-0.3, -0.25) is 4.79 Å². The Labute approximate surface area is 102 Å². The fraction of sp³-hybridized carbons (Fsp3) is 0.500. The maximum Gasteiger partial charge on any atom is 0.234 e. The molecule has 1 unspecified atom stereocenters. The largest absolute Gasteiger partial charge is 0.469 e. The van der Waals surface area contributed by atoms with Crippen LogP contribution in [0.15, 0.2) is 24.3 Å². The highest BCUT2D eigenvalue weighted by molar-refractivity contribution is 5.89. The van der Waals surface area contributed by atoms with Crippen molar-refractivity contribution in [3.63, 3.8) is 0 Å². The van der Waals surface area contributed by atoms with Crippen molar-refractivity contribution in [3.05, 3.63) is 29.8 Å². The van der Waals surface area contributed by atoms with Crippen molar-refractivity contribution in [2.75, 3.05) is 0 Å². The first kappa shape index (κ1) is 12.0. The molecule has 1 atom stereocenters. The maximum atomic E-state index is 11.7. The number of aryl methyl sites for hydroxylation is 1. The molecule has 1 aromatic rings. The van der Waals surface area contributed by atoms with Gasteiger partial charge < -0.3 is 10.1 Å². The van der Waals surface area contributed by atoms with Crippen LogP contribution in [0.5, 0.6) is 5.75 Å². The molecule has 0 spiro atoms. The first-order valence-corrected chi connectivity index (χ1v) is 6.17. The Morgan fingerprint density at radius 3 is 2.47 bits per heavy atom. The highest BCUT2D eigenvalue weighted by atomic mass is 16.5. The first-order chi connectivity index (χ1) is 8.14. The molecule has 3 nitrogen and oxygen atoms in total. The number of carbonyl (C=O) groups excluding carboxylic acids is 1. The predicted octanol–water partition coefficient (Wildman–Crippen LogP) is 2.64. The van der Waals surface area contributed by atoms with E-state index in [1.807, 2.05) is 45.0 Å². The molecule has 0 aliphatic carbocycles. The minimum Gasteiger partial charge on any atom is -0.469 e. The first-order valence-electron chi connectivity index (χ1n) is 6.17. The number of amides is 1. The summed E-state index contributed by atoms with van der Waals surface area (Å²) >= 11 is 0. The van der Waals surface area contributed by atoms with Gasteiger partial charge in [-0.25, -0.2) is 0 Å². The van der Waals surface area contributed by atoms with Gasteiger partial charge in [-0.05, 0) is 31.4 Å². The lowest BCUT2D eigenvalue weighted by Crippen LogP contribution is -2.69. The van der Waals surface area contributed by atoms with E-state index in [4.69, 9.17) is 4.74 Å². The second kappa shape index (κ2) is 4.40. The molecule has 1 aliphatic heterocycles. The molecule has 0 radical (unpaired) electrons. The average molecular weight is 233 g/mol. The van der Waals surface area contributed by atoms with Crippen molar-refractivity contribution < 1.29 is 9.53 Å². The normalized spacial score (nSPS) is 21.6. The van der Waals surface area contributed by atoms with Gasteiger partial charge in [-0.2, -0.15) is 0 Å². The SMILES string of the molecule is CCC1(CC)C(=O)NC1Oc1ccccc1C. The molecule has 17 heavy (non-hydrogen) atoms. The summed E-state index contributed by atoms with van der Waals surface area (Å²) in [7, 11) is 0. The third-order valence-corrected chi connectivity index (χ3v) is 3.82. The van der Waals surface area contributed by atoms with Crippen LogP contribution < -0.4 is 10.1 Å². The van der Waals surface area contributed by atoms with E-state index in [-0.39, 0.29) is 17.6 Å². The van der Waals surface area contributed by atoms with Gasteiger partial charge >= 0.3 is 0 Å². The zero-order valence-corrected chi connectivity index (χ0v) is 10.6. The lowest BCUT2D eigenvalue weighted by atomic mass is 9.73. The third-order valence-electron chi connectivity index (χ3n) is 3.82. The number of ether oxygens (including phenoxy) is 1. The summed E-state index contributed by atoms with van der Waals surface area (Å²) in [5.74, 6) is 0.963. The zero-order valence-electron chi connectivity index (χ0n) is 10.6. The lowest BCUT2D eigenvalue weighted by molar-refractivity contribution is -0.161. The third kappa shape index (κ3) is 1.79. The molecule has 1 saturated heterocycles. The van der Waals surface area contributed by atoms with Gasteiger partial charge in [-0.1, -0.05) is 32.0 Å². The number of benzene rings is 1. The van der Waals surface area contributed by atoms with E-state index in [9.17, 15) is 4.79 Å². The maximum absolute atomic E-state index is 11.7. The Bertz CT molecular complexity index is 424. The van der Waals surface area contributed by atoms with Gasteiger partial charge in [0.15, 0.2) is 6.23 Å². The number of hydrogen-bond acceptors (Lipinski definition) is 2. The summed E-state index contributed by atoms with van der Waals surface area (Å²) in [5, 5.41) is 2.85. The van der Waals surface area contributed by atoms with Crippen LogP contribution in [0.2, 0.25) is 0 Å². The second-order valence-corrected chi connectivity index (χ2v) is 4.60. The van der Waals surface area contributed by atoms with Gasteiger partial charge in [0.2, 0.25) is 5.91 Å². The molecule has 3 heteroatoms. The lowest BCUT2D eigenvalue weighted by Gasteiger charge is -2.47. The highest BCUT2D eigenvalue weighted by Gasteiger charge is 2.54. The molecule has 2 rings (SSSR count). The van der Waals surface area contributed by atoms with Crippen molar-refractivity contribution in [1.82, 2.24) is 5.32 Å². The number of rotatable bonds is 4. The van der Waals surface area contributed by atoms with Crippen LogP contribution in [0, 0.1) is 12.3 Å². The van der Waals surface area contributed by atoms with Crippen LogP contribution in [-0.4, -0.2) is 12.1 Å². The summed E-state index contributed by atoms with van der Waals surface area (Å²) in [6, 6.07) is 7.88. The number of nitrogens with one attached hydrogen (secondary N) is 1. The molecule has 0 saturated carbocycles. The Kier molecular flexibility index (Phi) is 3.09. The number of carbonyl (C=O) groups is 1. The summed E-state index contributed by atoms with van der Waals surface area (Å²) in [6.45, 7) is 6.09. The fourth-order valence-corrected chi connectivity index (χ4v) is 2.34. The van der Waals surface area contributed by atoms with Gasteiger partial charge in [0, 0.05) is 0 Å². The molecule has 1 amide bonds. The number of hydrogen-bond donors (Lipinski definition) is 1. The van der Waals surface area contributed by atoms with Gasteiger partial charge in [0.05, 0.1) is 0 Å². The minimum atomic E-state index is -0.345. The van der Waals surface area contributed by atoms with Crippen LogP contribution in [0.4, 0.5) is 0 Å². The van der Waals surface area contributed by atoms with Crippen molar-refractivity contribution in [2.24, 2.45) is 5.41 Å². The molecular formula is C14H19NO2. The molecule has 1 aromatic carbocycles. The molecule has 0 aromatic heterocycles. The molecule has 1 heterocycles. The van der Waals surface area contributed by atoms with Crippen LogP contribution in [-0.2, 0) is 4.79 Å². The van der Waals surface area contributed by atoms with Crippen molar-refractivity contribution >= 4 is 5.91 Å². The van der Waals surface area contributed by atoms with E-state index in [0.29, 0.717) is 0 Å². The van der Waals surface area contributed by atoms with Gasteiger partial charge in [0.25, 0.3) is 0 Å². The molecule has 1 aliphatic rings. The Morgan fingerprint density at radius 1 is 1.29 bits per heavy atom. The van der Waals surface area contributed by atoms with E-state index in [0.717, 1.165) is 24.2 Å². The molecule has 92 valence electrons. The van der Waals surface area contributed by atoms with Crippen LogP contribution in [0.25, 0.3) is 0 Å². The Balaban J connectivity index is 2.16. The summed E-state index contributed by atoms with van der Waals surface area (Å²) < 4.78 is 5.92. The Hall–Kier alpha value is -1.51. The smallest absolute Gasteiger partial charge is 0.234 e. The van der Waals surface area contributed by atoms with Crippen LogP contribution in [0.1, 0.15) is 32.3 Å². The summed E-state index contributed by atoms with van der Waals surface area (Å²) in [4.78, 5) is 11.7. The quantitative estimate of drug-likeness (QED) is 0.812. The predicted molar refractivity (Wildman–Crippen MR) is 66.8 cm³/mol. The van der Waals surface area contributed by atoms with Crippen LogP contribution in [0.3, 0.4) is 0 Å². The van der Waals surface area contributed by atoms with Gasteiger partial charge in [0.1, 0.15) is 11.2 Å². The number of para-hydroxylation sites is 1. The van der Waals surface area contributed by atoms with E-state index in [2.05, 4.69) is 5.32 Å². The minimum absolute atomic E-state index is 0.112. The zero-order chi connectivity index (χ0) is 12.5. The van der Waals surface area contributed by atoms with Crippen molar-refractivity contribution in [2.45, 2.75) is 39.8 Å². The van der Waals surface area contributed by atoms with Crippen LogP contribution >= 0.6 is 0 Å². The average Bonchev–Trinajstić information content (AvgIpc) is 2.33. The summed E-state index contributed by atoms with van der Waals surface area (Å²) in [6.07, 6.45) is 1.43.